The molecule has 1 saturated heterocycles. The van der Waals surface area contributed by atoms with E-state index in [1.54, 1.807) is 47.6 Å². The van der Waals surface area contributed by atoms with Crippen LogP contribution in [0, 0.1) is 59.2 Å². The highest BCUT2D eigenvalue weighted by Crippen LogP contribution is 2.38. The highest BCUT2D eigenvalue weighted by Gasteiger charge is 2.52. The molecule has 0 saturated carbocycles. The average Bonchev–Trinajstić information content (AvgIpc) is 0.746. The van der Waals surface area contributed by atoms with E-state index in [1.165, 1.54) is 92.6 Å². The number of ether oxygens (including phenoxy) is 1. The monoisotopic (exact) mass is 1510 g/mol. The molecular formula is C84H136N8O14Si. The number of benzene rings is 2. The molecule has 107 heavy (non-hydrogen) atoms. The van der Waals surface area contributed by atoms with Crippen LogP contribution < -0.4 is 15.7 Å². The summed E-state index contributed by atoms with van der Waals surface area (Å²) in [5.74, 6) is -12.7. The maximum atomic E-state index is 15.8. The van der Waals surface area contributed by atoms with E-state index in [9.17, 15) is 19.2 Å². The molecule has 1 heterocycles. The van der Waals surface area contributed by atoms with Gasteiger partial charge in [-0.1, -0.05) is 197 Å². The summed E-state index contributed by atoms with van der Waals surface area (Å²) in [5.41, 5.74) is 0. The SMILES string of the molecule is C/C=C/C[C@@H](C)[C@@H](OC(C)=O)[C@H]1C(=O)N[C@@H](CC)C(=O)N(C)[C@H](C)C(=O)N(C)[C@@H]([C@H](C)CCO[Si](c2ccccc2)(c2ccccc2)C(C)(C)C)C(=O)C[C@@H](C(C)C)C(=O)N(C)[C@@H](CC(C)C)C(=O)C[C@@H](C)C(=O)C[C@H](C)C(=O)N(C)[C@@H](CC(C)C)C(=O)N(C)[C@@H](CC(C)C)C(=O)N(C)[C@@H](C(C)C)C(=O)N1C. The van der Waals surface area contributed by atoms with Crippen LogP contribution in [0.4, 0.5) is 0 Å². The van der Waals surface area contributed by atoms with Gasteiger partial charge in [0.1, 0.15) is 48.1 Å². The summed E-state index contributed by atoms with van der Waals surface area (Å²) in [4.78, 5) is 190. The fourth-order valence-electron chi connectivity index (χ4n) is 15.3. The minimum Gasteiger partial charge on any atom is -0.459 e. The van der Waals surface area contributed by atoms with Crippen molar-refractivity contribution in [1.29, 1.82) is 0 Å². The zero-order valence-corrected chi connectivity index (χ0v) is 71.3. The molecule has 22 nitrogen and oxygen atoms in total. The van der Waals surface area contributed by atoms with Crippen LogP contribution in [0.2, 0.25) is 5.04 Å². The third kappa shape index (κ3) is 24.3. The Balaban J connectivity index is 2.47. The molecule has 1 aliphatic heterocycles. The Bertz CT molecular complexity index is 3310. The lowest BCUT2D eigenvalue weighted by Crippen LogP contribution is -2.66. The first kappa shape index (κ1) is 93.8. The normalized spacial score (nSPS) is 25.2. The van der Waals surface area contributed by atoms with Gasteiger partial charge in [0, 0.05) is 99.9 Å². The Labute approximate surface area is 643 Å². The number of nitrogens with zero attached hydrogens (tertiary/aromatic N) is 7. The van der Waals surface area contributed by atoms with Crippen LogP contribution >= 0.6 is 0 Å². The topological polar surface area (TPSA) is 258 Å². The maximum Gasteiger partial charge on any atom is 0.303 e. The number of carbonyl (C=O) groups is 12. The zero-order chi connectivity index (χ0) is 81.8. The van der Waals surface area contributed by atoms with Crippen LogP contribution in [-0.2, 0) is 66.7 Å². The minimum absolute atomic E-state index is 0.0257. The molecule has 1 N–H and O–H groups in total. The second kappa shape index (κ2) is 42.0. The lowest BCUT2D eigenvalue weighted by atomic mass is 9.83. The van der Waals surface area contributed by atoms with E-state index in [1.807, 2.05) is 112 Å². The second-order valence-corrected chi connectivity index (χ2v) is 37.9. The number of carbonyl (C=O) groups excluding carboxylic acids is 12. The Morgan fingerprint density at radius 1 is 0.523 bits per heavy atom. The molecule has 14 atom stereocenters. The van der Waals surface area contributed by atoms with Crippen molar-refractivity contribution in [2.75, 3.05) is 55.9 Å². The molecule has 3 rings (SSSR count). The van der Waals surface area contributed by atoms with Gasteiger partial charge in [0.05, 0.1) is 12.1 Å². The number of nitrogens with one attached hydrogen (secondary N) is 1. The Morgan fingerprint density at radius 2 is 0.972 bits per heavy atom. The molecule has 8 amide bonds. The number of ketones is 3. The van der Waals surface area contributed by atoms with Gasteiger partial charge in [-0.2, -0.15) is 0 Å². The highest BCUT2D eigenvalue weighted by atomic mass is 28.4. The van der Waals surface area contributed by atoms with Gasteiger partial charge in [0.25, 0.3) is 8.32 Å². The van der Waals surface area contributed by atoms with E-state index in [2.05, 4.69) is 50.4 Å². The minimum atomic E-state index is -3.14. The van der Waals surface area contributed by atoms with E-state index in [-0.39, 0.29) is 93.7 Å². The highest BCUT2D eigenvalue weighted by molar-refractivity contribution is 6.99. The van der Waals surface area contributed by atoms with Crippen LogP contribution in [0.25, 0.3) is 0 Å². The number of hydrogen-bond acceptors (Lipinski definition) is 14. The summed E-state index contributed by atoms with van der Waals surface area (Å²) < 4.78 is 13.4. The number of esters is 1. The Kier molecular flexibility index (Phi) is 36.8. The van der Waals surface area contributed by atoms with Crippen LogP contribution in [0.15, 0.2) is 72.8 Å². The molecule has 600 valence electrons. The summed E-state index contributed by atoms with van der Waals surface area (Å²) in [6, 6.07) is 10.1. The predicted molar refractivity (Wildman–Crippen MR) is 424 cm³/mol. The first-order valence-corrected chi connectivity index (χ1v) is 40.9. The maximum absolute atomic E-state index is 15.8. The molecular weight excluding hydrogens is 1370 g/mol. The van der Waals surface area contributed by atoms with Crippen LogP contribution in [0.1, 0.15) is 203 Å². The van der Waals surface area contributed by atoms with E-state index in [4.69, 9.17) is 9.16 Å². The molecule has 23 heteroatoms. The summed E-state index contributed by atoms with van der Waals surface area (Å²) >= 11 is 0. The summed E-state index contributed by atoms with van der Waals surface area (Å²) in [7, 11) is 7.14. The van der Waals surface area contributed by atoms with Crippen molar-refractivity contribution < 1.29 is 66.7 Å². The van der Waals surface area contributed by atoms with Gasteiger partial charge in [0.2, 0.25) is 47.3 Å². The van der Waals surface area contributed by atoms with Crippen molar-refractivity contribution in [3.63, 3.8) is 0 Å². The van der Waals surface area contributed by atoms with Gasteiger partial charge in [-0.25, -0.2) is 0 Å². The smallest absolute Gasteiger partial charge is 0.303 e. The first-order chi connectivity index (χ1) is 49.7. The van der Waals surface area contributed by atoms with E-state index in [0.717, 1.165) is 15.3 Å². The lowest BCUT2D eigenvalue weighted by Gasteiger charge is -2.43. The quantitative estimate of drug-likeness (QED) is 0.0693. The van der Waals surface area contributed by atoms with Crippen molar-refractivity contribution in [1.82, 2.24) is 39.6 Å². The van der Waals surface area contributed by atoms with Crippen LogP contribution in [0.5, 0.6) is 0 Å². The number of Topliss-reactive ketones (excluding diaryl/α,β-unsaturated/α-hetero) is 3. The number of hydrogen-bond donors (Lipinski definition) is 1. The largest absolute Gasteiger partial charge is 0.459 e. The summed E-state index contributed by atoms with van der Waals surface area (Å²) in [6.45, 7) is 38.2. The molecule has 2 aromatic rings. The molecule has 0 bridgehead atoms. The van der Waals surface area contributed by atoms with Gasteiger partial charge in [0.15, 0.2) is 11.6 Å². The van der Waals surface area contributed by atoms with Gasteiger partial charge >= 0.3 is 5.97 Å². The fourth-order valence-corrected chi connectivity index (χ4v) is 19.9. The van der Waals surface area contributed by atoms with Crippen molar-refractivity contribution in [3.8, 4) is 0 Å². The van der Waals surface area contributed by atoms with E-state index in [0.29, 0.717) is 0 Å². The van der Waals surface area contributed by atoms with Gasteiger partial charge in [-0.05, 0) is 109 Å². The zero-order valence-electron chi connectivity index (χ0n) is 70.3. The van der Waals surface area contributed by atoms with Crippen molar-refractivity contribution in [2.24, 2.45) is 59.2 Å². The molecule has 0 radical (unpaired) electrons. The van der Waals surface area contributed by atoms with E-state index >= 15 is 38.4 Å². The lowest BCUT2D eigenvalue weighted by molar-refractivity contribution is -0.164. The summed E-state index contributed by atoms with van der Waals surface area (Å²) in [5, 5.41) is 4.56. The summed E-state index contributed by atoms with van der Waals surface area (Å²) in [6.07, 6.45) is 2.46. The van der Waals surface area contributed by atoms with Gasteiger partial charge in [-0.3, -0.25) is 57.5 Å². The number of amides is 8. The molecule has 1 aliphatic rings. The average molecular weight is 1510 g/mol. The standard InChI is InChI=1S/C84H136N8O14Si/c1-29-31-38-57(14)75(106-61(18)93)74-76(97)85-65(30-2)80(101)86(22)60(17)78(99)91(27)73(56(13)43-44-105-107(84(19,20)21,62-39-34-32-35-40-62)63-41-36-33-37-42-63)71(96)50-64(54(9)10)79(100)87(23)66(45-51(3)4)70(95)48-58(15)69(94)49-59(16)77(98)88(24)67(46-52(5)6)81(102)89(25)68(47-53(7)8)82(103)90(26)72(55(11)12)83(104)92(74)28/h29,31-37,39-42,51-60,64-68,72-75H,30,38,43-50H2,1-28H3,(H,85,97)/b31-29+/t56-,57-,58-,59+,60-,64+,65+,66+,67+,68+,72+,73+,74+,75-/m1/s1. The van der Waals surface area contributed by atoms with Gasteiger partial charge in [-0.15, -0.1) is 0 Å². The molecule has 0 unspecified atom stereocenters. The fraction of sp³-hybridized carbons (Fsp3) is 0.690. The number of rotatable bonds is 21. The van der Waals surface area contributed by atoms with Crippen molar-refractivity contribution >= 4 is 89.3 Å². The molecule has 0 aromatic heterocycles. The van der Waals surface area contributed by atoms with Gasteiger partial charge < -0.3 is 48.8 Å². The molecule has 0 aliphatic carbocycles. The molecule has 2 aromatic carbocycles. The third-order valence-electron chi connectivity index (χ3n) is 21.9. The predicted octanol–water partition coefficient (Wildman–Crippen LogP) is 10.1. The van der Waals surface area contributed by atoms with Crippen LogP contribution in [-0.4, -0.2) is 224 Å². The number of allylic oxidation sites excluding steroid dienone is 2. The Morgan fingerprint density at radius 3 is 1.42 bits per heavy atom. The van der Waals surface area contributed by atoms with E-state index < -0.39 is 168 Å². The second-order valence-electron chi connectivity index (χ2n) is 33.6. The number of likely N-dealkylation sites (N-methyl/N-ethyl adjacent to an activating group) is 7. The molecule has 0 spiro atoms. The van der Waals surface area contributed by atoms with Crippen molar-refractivity contribution in [2.45, 2.75) is 263 Å². The third-order valence-corrected chi connectivity index (χ3v) is 26.9. The Hall–Kier alpha value is -7.40. The van der Waals surface area contributed by atoms with Crippen molar-refractivity contribution in [3.05, 3.63) is 72.8 Å². The van der Waals surface area contributed by atoms with Crippen LogP contribution in [0.3, 0.4) is 0 Å². The molecule has 1 fully saturated rings. The first-order valence-electron chi connectivity index (χ1n) is 39.0.